The molecule has 0 spiro atoms. The number of pyridine rings is 1. The summed E-state index contributed by atoms with van der Waals surface area (Å²) < 4.78 is 5.90. The highest BCUT2D eigenvalue weighted by Gasteiger charge is 2.09. The van der Waals surface area contributed by atoms with Crippen LogP contribution in [-0.2, 0) is 0 Å². The number of rotatable bonds is 5. The Kier molecular flexibility index (Phi) is 4.74. The Hall–Kier alpha value is -1.87. The summed E-state index contributed by atoms with van der Waals surface area (Å²) in [5, 5.41) is 9.72. The fourth-order valence-corrected chi connectivity index (χ4v) is 2.04. The molecular weight excluding hydrogens is 250 g/mol. The standard InChI is InChI=1S/C17H21NO2/c1-4-16(19)15-10-9-13(11-18-15)20-17-8-6-5-7-14(17)12(2)3/h5-12,16,19H,4H2,1-3H3/t16-/m0/s1. The van der Waals surface area contributed by atoms with Gasteiger partial charge in [0, 0.05) is 0 Å². The number of aliphatic hydroxyl groups excluding tert-OH is 1. The predicted octanol–water partition coefficient (Wildman–Crippen LogP) is 4.44. The molecule has 106 valence electrons. The quantitative estimate of drug-likeness (QED) is 0.874. The summed E-state index contributed by atoms with van der Waals surface area (Å²) in [6.45, 7) is 6.21. The zero-order chi connectivity index (χ0) is 14.5. The third kappa shape index (κ3) is 3.36. The van der Waals surface area contributed by atoms with E-state index in [0.717, 1.165) is 5.75 Å². The van der Waals surface area contributed by atoms with E-state index in [1.165, 1.54) is 5.56 Å². The molecule has 0 amide bonds. The van der Waals surface area contributed by atoms with E-state index in [2.05, 4.69) is 24.9 Å². The van der Waals surface area contributed by atoms with Gasteiger partial charge in [-0.15, -0.1) is 0 Å². The van der Waals surface area contributed by atoms with Crippen LogP contribution in [0.25, 0.3) is 0 Å². The van der Waals surface area contributed by atoms with Crippen molar-refractivity contribution in [3.63, 3.8) is 0 Å². The Balaban J connectivity index is 2.18. The van der Waals surface area contributed by atoms with Crippen LogP contribution in [0.3, 0.4) is 0 Å². The van der Waals surface area contributed by atoms with Crippen LogP contribution in [0.4, 0.5) is 0 Å². The lowest BCUT2D eigenvalue weighted by atomic mass is 10.0. The fourth-order valence-electron chi connectivity index (χ4n) is 2.04. The molecule has 0 aliphatic carbocycles. The van der Waals surface area contributed by atoms with Crippen molar-refractivity contribution in [3.8, 4) is 11.5 Å². The first-order valence-electron chi connectivity index (χ1n) is 7.02. The molecule has 0 saturated carbocycles. The second kappa shape index (κ2) is 6.53. The number of para-hydroxylation sites is 1. The van der Waals surface area contributed by atoms with Crippen LogP contribution in [0.2, 0.25) is 0 Å². The average Bonchev–Trinajstić information content (AvgIpc) is 2.47. The average molecular weight is 271 g/mol. The van der Waals surface area contributed by atoms with Gasteiger partial charge < -0.3 is 9.84 Å². The summed E-state index contributed by atoms with van der Waals surface area (Å²) in [5.74, 6) is 1.94. The van der Waals surface area contributed by atoms with Gasteiger partial charge in [0.05, 0.1) is 18.0 Å². The van der Waals surface area contributed by atoms with E-state index >= 15 is 0 Å². The third-order valence-electron chi connectivity index (χ3n) is 3.26. The van der Waals surface area contributed by atoms with Crippen LogP contribution in [-0.4, -0.2) is 10.1 Å². The number of aromatic nitrogens is 1. The van der Waals surface area contributed by atoms with E-state index in [-0.39, 0.29) is 0 Å². The number of hydrogen-bond donors (Lipinski definition) is 1. The molecule has 20 heavy (non-hydrogen) atoms. The second-order valence-corrected chi connectivity index (χ2v) is 5.14. The highest BCUT2D eigenvalue weighted by molar-refractivity contribution is 5.39. The van der Waals surface area contributed by atoms with Crippen molar-refractivity contribution >= 4 is 0 Å². The Morgan fingerprint density at radius 2 is 1.90 bits per heavy atom. The largest absolute Gasteiger partial charge is 0.455 e. The monoisotopic (exact) mass is 271 g/mol. The molecule has 1 atom stereocenters. The minimum absolute atomic E-state index is 0.403. The number of aliphatic hydroxyl groups is 1. The van der Waals surface area contributed by atoms with E-state index in [4.69, 9.17) is 4.74 Å². The summed E-state index contributed by atoms with van der Waals surface area (Å²) in [4.78, 5) is 4.25. The fraction of sp³-hybridized carbons (Fsp3) is 0.353. The SMILES string of the molecule is CC[C@H](O)c1ccc(Oc2ccccc2C(C)C)cn1. The van der Waals surface area contributed by atoms with Gasteiger partial charge >= 0.3 is 0 Å². The van der Waals surface area contributed by atoms with Crippen molar-refractivity contribution in [2.24, 2.45) is 0 Å². The van der Waals surface area contributed by atoms with Crippen molar-refractivity contribution in [2.45, 2.75) is 39.2 Å². The lowest BCUT2D eigenvalue weighted by molar-refractivity contribution is 0.169. The number of hydrogen-bond acceptors (Lipinski definition) is 3. The Bertz CT molecular complexity index is 549. The van der Waals surface area contributed by atoms with Gasteiger partial charge in [0.15, 0.2) is 0 Å². The van der Waals surface area contributed by atoms with Gasteiger partial charge in [0.1, 0.15) is 11.5 Å². The number of benzene rings is 1. The summed E-state index contributed by atoms with van der Waals surface area (Å²) in [6.07, 6.45) is 1.81. The maximum atomic E-state index is 9.72. The molecule has 2 rings (SSSR count). The minimum atomic E-state index is -0.507. The van der Waals surface area contributed by atoms with Crippen molar-refractivity contribution in [1.29, 1.82) is 0 Å². The molecule has 1 N–H and O–H groups in total. The Morgan fingerprint density at radius 3 is 2.50 bits per heavy atom. The Labute approximate surface area is 120 Å². The first-order valence-corrected chi connectivity index (χ1v) is 7.02. The van der Waals surface area contributed by atoms with Crippen LogP contribution >= 0.6 is 0 Å². The number of nitrogens with zero attached hydrogens (tertiary/aromatic N) is 1. The van der Waals surface area contributed by atoms with Crippen LogP contribution in [0.1, 0.15) is 50.5 Å². The highest BCUT2D eigenvalue weighted by atomic mass is 16.5. The summed E-state index contributed by atoms with van der Waals surface area (Å²) in [5.41, 5.74) is 1.85. The van der Waals surface area contributed by atoms with Crippen LogP contribution in [0.15, 0.2) is 42.6 Å². The Morgan fingerprint density at radius 1 is 1.15 bits per heavy atom. The topological polar surface area (TPSA) is 42.4 Å². The maximum Gasteiger partial charge on any atom is 0.145 e. The van der Waals surface area contributed by atoms with E-state index < -0.39 is 6.10 Å². The molecule has 0 aliphatic rings. The van der Waals surface area contributed by atoms with E-state index in [1.807, 2.05) is 37.3 Å². The molecule has 3 heteroatoms. The molecule has 1 heterocycles. The first-order chi connectivity index (χ1) is 9.61. The summed E-state index contributed by atoms with van der Waals surface area (Å²) in [7, 11) is 0. The normalized spacial score (nSPS) is 12.4. The first kappa shape index (κ1) is 14.5. The molecule has 2 aromatic rings. The van der Waals surface area contributed by atoms with Crippen LogP contribution < -0.4 is 4.74 Å². The maximum absolute atomic E-state index is 9.72. The van der Waals surface area contributed by atoms with Gasteiger partial charge in [0.25, 0.3) is 0 Å². The van der Waals surface area contributed by atoms with Gasteiger partial charge in [-0.25, -0.2) is 0 Å². The molecule has 1 aromatic carbocycles. The lowest BCUT2D eigenvalue weighted by Gasteiger charge is -2.14. The molecule has 0 bridgehead atoms. The molecule has 0 fully saturated rings. The van der Waals surface area contributed by atoms with Gasteiger partial charge in [-0.1, -0.05) is 39.0 Å². The smallest absolute Gasteiger partial charge is 0.145 e. The third-order valence-corrected chi connectivity index (χ3v) is 3.26. The van der Waals surface area contributed by atoms with Gasteiger partial charge in [-0.05, 0) is 36.1 Å². The molecule has 1 aromatic heterocycles. The molecule has 0 radical (unpaired) electrons. The zero-order valence-corrected chi connectivity index (χ0v) is 12.2. The molecule has 3 nitrogen and oxygen atoms in total. The minimum Gasteiger partial charge on any atom is -0.455 e. The van der Waals surface area contributed by atoms with E-state index in [0.29, 0.717) is 23.8 Å². The predicted molar refractivity (Wildman–Crippen MR) is 80.1 cm³/mol. The summed E-state index contributed by atoms with van der Waals surface area (Å²) >= 11 is 0. The van der Waals surface area contributed by atoms with Crippen molar-refractivity contribution in [1.82, 2.24) is 4.98 Å². The van der Waals surface area contributed by atoms with Gasteiger partial charge in [0.2, 0.25) is 0 Å². The summed E-state index contributed by atoms with van der Waals surface area (Å²) in [6, 6.07) is 11.7. The van der Waals surface area contributed by atoms with Crippen molar-refractivity contribution in [2.75, 3.05) is 0 Å². The van der Waals surface area contributed by atoms with Gasteiger partial charge in [-0.2, -0.15) is 0 Å². The second-order valence-electron chi connectivity index (χ2n) is 5.14. The van der Waals surface area contributed by atoms with Gasteiger partial charge in [-0.3, -0.25) is 4.98 Å². The molecule has 0 aliphatic heterocycles. The lowest BCUT2D eigenvalue weighted by Crippen LogP contribution is -1.99. The van der Waals surface area contributed by atoms with Crippen molar-refractivity contribution in [3.05, 3.63) is 53.9 Å². The highest BCUT2D eigenvalue weighted by Crippen LogP contribution is 2.30. The molecular formula is C17H21NO2. The molecule has 0 unspecified atom stereocenters. The zero-order valence-electron chi connectivity index (χ0n) is 12.2. The number of ether oxygens (including phenoxy) is 1. The van der Waals surface area contributed by atoms with Crippen molar-refractivity contribution < 1.29 is 9.84 Å². The van der Waals surface area contributed by atoms with E-state index in [9.17, 15) is 5.11 Å². The van der Waals surface area contributed by atoms with E-state index in [1.54, 1.807) is 6.20 Å². The van der Waals surface area contributed by atoms with Crippen LogP contribution in [0, 0.1) is 0 Å². The van der Waals surface area contributed by atoms with Crippen LogP contribution in [0.5, 0.6) is 11.5 Å². The molecule has 0 saturated heterocycles.